The van der Waals surface area contributed by atoms with Gasteiger partial charge in [-0.3, -0.25) is 9.59 Å². The molecule has 128 valence electrons. The lowest BCUT2D eigenvalue weighted by Crippen LogP contribution is -2.30. The van der Waals surface area contributed by atoms with Gasteiger partial charge in [0.05, 0.1) is 19.6 Å². The molecule has 0 bridgehead atoms. The number of nitrogens with one attached hydrogen (secondary N) is 2. The monoisotopic (exact) mass is 340 g/mol. The highest BCUT2D eigenvalue weighted by Crippen LogP contribution is 2.20. The topological polar surface area (TPSA) is 71.2 Å². The Hall–Kier alpha value is -3.15. The second kappa shape index (κ2) is 7.17. The molecule has 0 aliphatic carbocycles. The molecule has 5 nitrogen and oxygen atoms in total. The van der Waals surface area contributed by atoms with Gasteiger partial charge in [0.2, 0.25) is 0 Å². The normalized spacial score (nSPS) is 11.9. The van der Waals surface area contributed by atoms with E-state index in [1.54, 1.807) is 12.1 Å². The number of methoxy groups -OCH3 is 1. The van der Waals surface area contributed by atoms with Gasteiger partial charge in [0.25, 0.3) is 5.91 Å². The summed E-state index contributed by atoms with van der Waals surface area (Å²) >= 11 is 0. The molecule has 0 spiro atoms. The molecular formula is C19H17FN2O3. The number of H-pyrrole nitrogens is 1. The number of benzene rings is 2. The Kier molecular flexibility index (Phi) is 4.79. The van der Waals surface area contributed by atoms with Crippen molar-refractivity contribution in [2.75, 3.05) is 7.11 Å². The number of hydrogen-bond acceptors (Lipinski definition) is 3. The number of esters is 1. The zero-order valence-corrected chi connectivity index (χ0v) is 13.6. The molecule has 1 atom stereocenters. The first kappa shape index (κ1) is 16.7. The Morgan fingerprint density at radius 1 is 1.16 bits per heavy atom. The van der Waals surface area contributed by atoms with E-state index in [0.717, 1.165) is 5.56 Å². The van der Waals surface area contributed by atoms with Gasteiger partial charge in [-0.25, -0.2) is 4.39 Å². The summed E-state index contributed by atoms with van der Waals surface area (Å²) in [7, 11) is 1.30. The van der Waals surface area contributed by atoms with Crippen molar-refractivity contribution < 1.29 is 18.7 Å². The van der Waals surface area contributed by atoms with Crippen molar-refractivity contribution in [2.24, 2.45) is 0 Å². The fourth-order valence-corrected chi connectivity index (χ4v) is 2.65. The van der Waals surface area contributed by atoms with Crippen LogP contribution in [0.25, 0.3) is 10.9 Å². The summed E-state index contributed by atoms with van der Waals surface area (Å²) in [4.78, 5) is 27.2. The lowest BCUT2D eigenvalue weighted by atomic mass is 10.0. The van der Waals surface area contributed by atoms with Gasteiger partial charge < -0.3 is 15.0 Å². The minimum Gasteiger partial charge on any atom is -0.469 e. The molecule has 0 unspecified atom stereocenters. The number of aromatic amines is 1. The van der Waals surface area contributed by atoms with Gasteiger partial charge in [-0.2, -0.15) is 0 Å². The van der Waals surface area contributed by atoms with Gasteiger partial charge >= 0.3 is 5.97 Å². The van der Waals surface area contributed by atoms with Crippen LogP contribution in [-0.4, -0.2) is 24.0 Å². The van der Waals surface area contributed by atoms with Crippen molar-refractivity contribution in [2.45, 2.75) is 12.5 Å². The van der Waals surface area contributed by atoms with Gasteiger partial charge in [0.15, 0.2) is 0 Å². The van der Waals surface area contributed by atoms with Crippen LogP contribution >= 0.6 is 0 Å². The number of rotatable bonds is 5. The lowest BCUT2D eigenvalue weighted by molar-refractivity contribution is -0.141. The summed E-state index contributed by atoms with van der Waals surface area (Å²) in [6, 6.07) is 14.5. The third-order valence-electron chi connectivity index (χ3n) is 3.93. The van der Waals surface area contributed by atoms with Crippen LogP contribution in [0.3, 0.4) is 0 Å². The van der Waals surface area contributed by atoms with Crippen molar-refractivity contribution in [3.63, 3.8) is 0 Å². The van der Waals surface area contributed by atoms with E-state index in [0.29, 0.717) is 16.6 Å². The summed E-state index contributed by atoms with van der Waals surface area (Å²) in [6.45, 7) is 0. The van der Waals surface area contributed by atoms with E-state index in [4.69, 9.17) is 4.74 Å². The molecule has 6 heteroatoms. The summed E-state index contributed by atoms with van der Waals surface area (Å²) in [5.41, 5.74) is 1.76. The summed E-state index contributed by atoms with van der Waals surface area (Å²) in [6.07, 6.45) is 0.0150. The minimum atomic E-state index is -0.524. The Balaban J connectivity index is 1.84. The smallest absolute Gasteiger partial charge is 0.307 e. The molecule has 3 rings (SSSR count). The van der Waals surface area contributed by atoms with E-state index in [-0.39, 0.29) is 18.1 Å². The molecule has 0 aliphatic heterocycles. The van der Waals surface area contributed by atoms with Crippen molar-refractivity contribution in [1.29, 1.82) is 0 Å². The molecule has 1 heterocycles. The molecule has 1 aromatic heterocycles. The maximum absolute atomic E-state index is 13.3. The maximum Gasteiger partial charge on any atom is 0.307 e. The average molecular weight is 340 g/mol. The average Bonchev–Trinajstić information content (AvgIpc) is 3.05. The van der Waals surface area contributed by atoms with Crippen LogP contribution in [0.4, 0.5) is 4.39 Å². The minimum absolute atomic E-state index is 0.0150. The lowest BCUT2D eigenvalue weighted by Gasteiger charge is -2.17. The van der Waals surface area contributed by atoms with E-state index in [2.05, 4.69) is 10.3 Å². The van der Waals surface area contributed by atoms with Crippen LogP contribution in [0.2, 0.25) is 0 Å². The molecule has 2 N–H and O–H groups in total. The van der Waals surface area contributed by atoms with Crippen LogP contribution in [0.1, 0.15) is 28.5 Å². The Labute approximate surface area is 143 Å². The molecule has 3 aromatic rings. The second-order valence-electron chi connectivity index (χ2n) is 5.63. The maximum atomic E-state index is 13.3. The van der Waals surface area contributed by atoms with Crippen molar-refractivity contribution in [3.8, 4) is 0 Å². The first-order valence-electron chi connectivity index (χ1n) is 7.77. The Morgan fingerprint density at radius 3 is 2.64 bits per heavy atom. The fraction of sp³-hybridized carbons (Fsp3) is 0.158. The molecular weight excluding hydrogens is 323 g/mol. The van der Waals surface area contributed by atoms with Crippen LogP contribution in [0.15, 0.2) is 54.6 Å². The summed E-state index contributed by atoms with van der Waals surface area (Å²) in [5.74, 6) is -1.17. The predicted molar refractivity (Wildman–Crippen MR) is 91.5 cm³/mol. The standard InChI is InChI=1S/C19H17FN2O3/c1-25-18(23)11-16(12-5-3-2-4-6-12)22-19(24)17-10-13-9-14(20)7-8-15(13)21-17/h2-10,16,21H,11H2,1H3,(H,22,24)/t16-/m1/s1. The predicted octanol–water partition coefficient (Wildman–Crippen LogP) is 3.34. The molecule has 0 fully saturated rings. The third-order valence-corrected chi connectivity index (χ3v) is 3.93. The van der Waals surface area contributed by atoms with Crippen molar-refractivity contribution >= 4 is 22.8 Å². The molecule has 0 saturated heterocycles. The van der Waals surface area contributed by atoms with Crippen molar-refractivity contribution in [3.05, 3.63) is 71.7 Å². The van der Waals surface area contributed by atoms with Crippen LogP contribution < -0.4 is 5.32 Å². The number of halogens is 1. The van der Waals surface area contributed by atoms with Gasteiger partial charge in [-0.1, -0.05) is 30.3 Å². The van der Waals surface area contributed by atoms with E-state index in [1.165, 1.54) is 19.2 Å². The van der Waals surface area contributed by atoms with E-state index >= 15 is 0 Å². The highest BCUT2D eigenvalue weighted by Gasteiger charge is 2.20. The largest absolute Gasteiger partial charge is 0.469 e. The number of amides is 1. The van der Waals surface area contributed by atoms with Crippen LogP contribution in [-0.2, 0) is 9.53 Å². The number of fused-ring (bicyclic) bond motifs is 1. The van der Waals surface area contributed by atoms with Crippen LogP contribution in [0.5, 0.6) is 0 Å². The zero-order chi connectivity index (χ0) is 17.8. The molecule has 0 radical (unpaired) electrons. The molecule has 0 saturated carbocycles. The molecule has 0 aliphatic rings. The van der Waals surface area contributed by atoms with E-state index < -0.39 is 12.0 Å². The number of ether oxygens (including phenoxy) is 1. The Morgan fingerprint density at radius 2 is 1.92 bits per heavy atom. The first-order valence-corrected chi connectivity index (χ1v) is 7.77. The quantitative estimate of drug-likeness (QED) is 0.700. The van der Waals surface area contributed by atoms with Crippen LogP contribution in [0, 0.1) is 5.82 Å². The summed E-state index contributed by atoms with van der Waals surface area (Å²) < 4.78 is 18.0. The van der Waals surface area contributed by atoms with Gasteiger partial charge in [0, 0.05) is 10.9 Å². The van der Waals surface area contributed by atoms with E-state index in [1.807, 2.05) is 30.3 Å². The highest BCUT2D eigenvalue weighted by atomic mass is 19.1. The number of carbonyl (C=O) groups is 2. The molecule has 2 aromatic carbocycles. The molecule has 25 heavy (non-hydrogen) atoms. The van der Waals surface area contributed by atoms with Crippen molar-refractivity contribution in [1.82, 2.24) is 10.3 Å². The van der Waals surface area contributed by atoms with E-state index in [9.17, 15) is 14.0 Å². The number of hydrogen-bond donors (Lipinski definition) is 2. The number of aromatic nitrogens is 1. The third kappa shape index (κ3) is 3.85. The highest BCUT2D eigenvalue weighted by molar-refractivity contribution is 5.98. The molecule has 1 amide bonds. The van der Waals surface area contributed by atoms with Gasteiger partial charge in [0.1, 0.15) is 11.5 Å². The zero-order valence-electron chi connectivity index (χ0n) is 13.6. The second-order valence-corrected chi connectivity index (χ2v) is 5.63. The number of carbonyl (C=O) groups excluding carboxylic acids is 2. The summed E-state index contributed by atoms with van der Waals surface area (Å²) in [5, 5.41) is 3.43. The van der Waals surface area contributed by atoms with Gasteiger partial charge in [-0.15, -0.1) is 0 Å². The Bertz CT molecular complexity index is 905. The van der Waals surface area contributed by atoms with Gasteiger partial charge in [-0.05, 0) is 29.8 Å². The fourth-order valence-electron chi connectivity index (χ4n) is 2.65. The first-order chi connectivity index (χ1) is 12.1. The SMILES string of the molecule is COC(=O)C[C@@H](NC(=O)c1cc2cc(F)ccc2[nH]1)c1ccccc1.